The molecule has 0 saturated carbocycles. The van der Waals surface area contributed by atoms with Crippen molar-refractivity contribution in [1.29, 1.82) is 0 Å². The molecule has 0 saturated heterocycles. The molecule has 0 fully saturated rings. The van der Waals surface area contributed by atoms with Gasteiger partial charge in [-0.2, -0.15) is 0 Å². The van der Waals surface area contributed by atoms with Crippen molar-refractivity contribution >= 4 is 11.8 Å². The number of benzene rings is 2. The standard InChI is InChI=1S/C21H23FN2O4/c1-14(21(26)23-2)24(12-16-5-3-4-6-17(16)22)20(25)10-8-15-7-9-18-19(11-15)28-13-27-18/h3-7,9,11,14H,8,10,12-13H2,1-2H3,(H,23,26)/t14-/m0/s1. The van der Waals surface area contributed by atoms with Gasteiger partial charge in [0.05, 0.1) is 0 Å². The lowest BCUT2D eigenvalue weighted by atomic mass is 10.1. The molecule has 0 aromatic heterocycles. The Morgan fingerprint density at radius 1 is 1.18 bits per heavy atom. The number of hydrogen-bond acceptors (Lipinski definition) is 4. The molecule has 1 aliphatic heterocycles. The van der Waals surface area contributed by atoms with Crippen LogP contribution < -0.4 is 14.8 Å². The van der Waals surface area contributed by atoms with Gasteiger partial charge >= 0.3 is 0 Å². The number of nitrogens with zero attached hydrogens (tertiary/aromatic N) is 1. The number of amides is 2. The summed E-state index contributed by atoms with van der Waals surface area (Å²) in [6.45, 7) is 1.86. The molecule has 2 aromatic rings. The summed E-state index contributed by atoms with van der Waals surface area (Å²) in [7, 11) is 1.51. The van der Waals surface area contributed by atoms with Crippen molar-refractivity contribution in [2.75, 3.05) is 13.8 Å². The smallest absolute Gasteiger partial charge is 0.242 e. The zero-order chi connectivity index (χ0) is 20.1. The summed E-state index contributed by atoms with van der Waals surface area (Å²) < 4.78 is 24.7. The quantitative estimate of drug-likeness (QED) is 0.794. The van der Waals surface area contributed by atoms with E-state index in [0.29, 0.717) is 23.5 Å². The molecule has 6 nitrogen and oxygen atoms in total. The Labute approximate surface area is 163 Å². The summed E-state index contributed by atoms with van der Waals surface area (Å²) in [5.41, 5.74) is 1.30. The summed E-state index contributed by atoms with van der Waals surface area (Å²) >= 11 is 0. The van der Waals surface area contributed by atoms with Gasteiger partial charge in [0.1, 0.15) is 11.9 Å². The number of likely N-dealkylation sites (N-methyl/N-ethyl adjacent to an activating group) is 1. The third-order valence-electron chi connectivity index (χ3n) is 4.78. The second kappa shape index (κ2) is 8.73. The van der Waals surface area contributed by atoms with E-state index in [-0.39, 0.29) is 31.6 Å². The van der Waals surface area contributed by atoms with Crippen molar-refractivity contribution < 1.29 is 23.5 Å². The monoisotopic (exact) mass is 386 g/mol. The average molecular weight is 386 g/mol. The number of carbonyl (C=O) groups excluding carboxylic acids is 2. The first-order valence-electron chi connectivity index (χ1n) is 9.12. The average Bonchev–Trinajstić information content (AvgIpc) is 3.18. The molecule has 3 rings (SSSR count). The van der Waals surface area contributed by atoms with Crippen LogP contribution >= 0.6 is 0 Å². The van der Waals surface area contributed by atoms with Crippen molar-refractivity contribution in [2.45, 2.75) is 32.4 Å². The molecule has 1 atom stereocenters. The Bertz CT molecular complexity index is 871. The number of hydrogen-bond donors (Lipinski definition) is 1. The van der Waals surface area contributed by atoms with E-state index in [9.17, 15) is 14.0 Å². The number of aryl methyl sites for hydroxylation is 1. The highest BCUT2D eigenvalue weighted by Crippen LogP contribution is 2.32. The van der Waals surface area contributed by atoms with Crippen molar-refractivity contribution in [1.82, 2.24) is 10.2 Å². The first kappa shape index (κ1) is 19.7. The van der Waals surface area contributed by atoms with Crippen LogP contribution in [0.1, 0.15) is 24.5 Å². The van der Waals surface area contributed by atoms with Crippen LogP contribution in [-0.4, -0.2) is 36.6 Å². The van der Waals surface area contributed by atoms with Gasteiger partial charge in [-0.15, -0.1) is 0 Å². The van der Waals surface area contributed by atoms with Crippen LogP contribution in [0.4, 0.5) is 4.39 Å². The predicted octanol–water partition coefficient (Wildman–Crippen LogP) is 2.65. The lowest BCUT2D eigenvalue weighted by Gasteiger charge is -2.28. The van der Waals surface area contributed by atoms with E-state index < -0.39 is 11.9 Å². The van der Waals surface area contributed by atoms with E-state index >= 15 is 0 Å². The predicted molar refractivity (Wildman–Crippen MR) is 101 cm³/mol. The summed E-state index contributed by atoms with van der Waals surface area (Å²) in [5, 5.41) is 2.55. The van der Waals surface area contributed by atoms with Gasteiger partial charge in [0.25, 0.3) is 0 Å². The molecule has 2 amide bonds. The number of nitrogens with one attached hydrogen (secondary N) is 1. The van der Waals surface area contributed by atoms with Crippen LogP contribution in [0, 0.1) is 5.82 Å². The van der Waals surface area contributed by atoms with Crippen LogP contribution in [0.5, 0.6) is 11.5 Å². The van der Waals surface area contributed by atoms with E-state index in [0.717, 1.165) is 5.56 Å². The molecule has 148 valence electrons. The first-order valence-corrected chi connectivity index (χ1v) is 9.12. The van der Waals surface area contributed by atoms with Gasteiger partial charge in [-0.05, 0) is 37.1 Å². The van der Waals surface area contributed by atoms with Gasteiger partial charge in [0.15, 0.2) is 11.5 Å². The van der Waals surface area contributed by atoms with Gasteiger partial charge in [0, 0.05) is 25.6 Å². The second-order valence-corrected chi connectivity index (χ2v) is 6.59. The van der Waals surface area contributed by atoms with Crippen LogP contribution in [0.15, 0.2) is 42.5 Å². The number of ether oxygens (including phenoxy) is 2. The van der Waals surface area contributed by atoms with Gasteiger partial charge in [-0.25, -0.2) is 4.39 Å². The fourth-order valence-electron chi connectivity index (χ4n) is 3.09. The molecule has 28 heavy (non-hydrogen) atoms. The van der Waals surface area contributed by atoms with Crippen molar-refractivity contribution in [3.63, 3.8) is 0 Å². The maximum Gasteiger partial charge on any atom is 0.242 e. The maximum absolute atomic E-state index is 14.1. The minimum Gasteiger partial charge on any atom is -0.454 e. The molecule has 7 heteroatoms. The molecule has 2 aromatic carbocycles. The van der Waals surface area contributed by atoms with Crippen LogP contribution in [0.25, 0.3) is 0 Å². The highest BCUT2D eigenvalue weighted by molar-refractivity contribution is 5.87. The molecule has 1 aliphatic rings. The van der Waals surface area contributed by atoms with Gasteiger partial charge in [-0.1, -0.05) is 24.3 Å². The molecule has 0 unspecified atom stereocenters. The molecule has 1 heterocycles. The third-order valence-corrected chi connectivity index (χ3v) is 4.78. The molecule has 0 radical (unpaired) electrons. The zero-order valence-electron chi connectivity index (χ0n) is 15.9. The molecule has 0 spiro atoms. The van der Waals surface area contributed by atoms with Crippen molar-refractivity contribution in [2.24, 2.45) is 0 Å². The lowest BCUT2D eigenvalue weighted by Crippen LogP contribution is -2.46. The van der Waals surface area contributed by atoms with E-state index in [2.05, 4.69) is 5.32 Å². The Kier molecular flexibility index (Phi) is 6.13. The fraction of sp³-hybridized carbons (Fsp3) is 0.333. The van der Waals surface area contributed by atoms with Gasteiger partial charge in [-0.3, -0.25) is 9.59 Å². The second-order valence-electron chi connectivity index (χ2n) is 6.59. The Hall–Kier alpha value is -3.09. The lowest BCUT2D eigenvalue weighted by molar-refractivity contribution is -0.140. The summed E-state index contributed by atoms with van der Waals surface area (Å²) in [6, 6.07) is 11.1. The van der Waals surface area contributed by atoms with E-state index in [1.807, 2.05) is 18.2 Å². The van der Waals surface area contributed by atoms with Crippen LogP contribution in [-0.2, 0) is 22.6 Å². The van der Waals surface area contributed by atoms with Crippen LogP contribution in [0.2, 0.25) is 0 Å². The van der Waals surface area contributed by atoms with E-state index in [4.69, 9.17) is 9.47 Å². The van der Waals surface area contributed by atoms with Crippen molar-refractivity contribution in [3.05, 3.63) is 59.4 Å². The van der Waals surface area contributed by atoms with Crippen molar-refractivity contribution in [3.8, 4) is 11.5 Å². The molecular formula is C21H23FN2O4. The Morgan fingerprint density at radius 3 is 2.68 bits per heavy atom. The highest BCUT2D eigenvalue weighted by Gasteiger charge is 2.26. The number of rotatable bonds is 7. The third kappa shape index (κ3) is 4.42. The largest absolute Gasteiger partial charge is 0.454 e. The highest BCUT2D eigenvalue weighted by atomic mass is 19.1. The summed E-state index contributed by atoms with van der Waals surface area (Å²) in [6.07, 6.45) is 0.666. The van der Waals surface area contributed by atoms with Gasteiger partial charge in [0.2, 0.25) is 18.6 Å². The minimum absolute atomic E-state index is 0.0290. The first-order chi connectivity index (χ1) is 13.5. The Balaban J connectivity index is 1.72. The van der Waals surface area contributed by atoms with Gasteiger partial charge < -0.3 is 19.7 Å². The molecule has 0 aliphatic carbocycles. The maximum atomic E-state index is 14.1. The normalized spacial score (nSPS) is 13.1. The van der Waals surface area contributed by atoms with E-state index in [1.54, 1.807) is 25.1 Å². The Morgan fingerprint density at radius 2 is 1.93 bits per heavy atom. The number of halogens is 1. The van der Waals surface area contributed by atoms with E-state index in [1.165, 1.54) is 18.0 Å². The minimum atomic E-state index is -0.714. The topological polar surface area (TPSA) is 67.9 Å². The van der Waals surface area contributed by atoms with Crippen LogP contribution in [0.3, 0.4) is 0 Å². The summed E-state index contributed by atoms with van der Waals surface area (Å²) in [5.74, 6) is 0.418. The zero-order valence-corrected chi connectivity index (χ0v) is 15.9. The molecule has 1 N–H and O–H groups in total. The molecule has 0 bridgehead atoms. The molecular weight excluding hydrogens is 363 g/mol. The number of carbonyl (C=O) groups is 2. The fourth-order valence-corrected chi connectivity index (χ4v) is 3.09. The number of fused-ring (bicyclic) bond motifs is 1. The SMILES string of the molecule is CNC(=O)[C@H](C)N(Cc1ccccc1F)C(=O)CCc1ccc2c(c1)OCO2. The summed E-state index contributed by atoms with van der Waals surface area (Å²) in [4.78, 5) is 26.4.